The minimum Gasteiger partial charge on any atom is -0.361 e. The van der Waals surface area contributed by atoms with Gasteiger partial charge in [-0.3, -0.25) is 0 Å². The molecule has 1 N–H and O–H groups in total. The van der Waals surface area contributed by atoms with Crippen molar-refractivity contribution in [2.24, 2.45) is 0 Å². The minimum absolute atomic E-state index is 0.0195. The van der Waals surface area contributed by atoms with Gasteiger partial charge in [-0.05, 0) is 24.6 Å². The Morgan fingerprint density at radius 3 is 2.56 bits per heavy atom. The zero-order chi connectivity index (χ0) is 13.0. The molecule has 0 amide bonds. The minimum atomic E-state index is 0.0195. The molecule has 2 rings (SSSR count). The topological polar surface area (TPSA) is 61.6 Å². The van der Waals surface area contributed by atoms with Gasteiger partial charge in [0.2, 0.25) is 0 Å². The van der Waals surface area contributed by atoms with Crippen LogP contribution in [0, 0.1) is 11.3 Å². The largest absolute Gasteiger partial charge is 0.361 e. The maximum atomic E-state index is 8.93. The second-order valence-electron chi connectivity index (χ2n) is 3.78. The van der Waals surface area contributed by atoms with Crippen molar-refractivity contribution in [1.82, 2.24) is 9.97 Å². The molecule has 90 valence electrons. The van der Waals surface area contributed by atoms with Gasteiger partial charge in [0.25, 0.3) is 0 Å². The van der Waals surface area contributed by atoms with E-state index in [4.69, 9.17) is 16.9 Å². The Morgan fingerprint density at radius 2 is 1.89 bits per heavy atom. The van der Waals surface area contributed by atoms with Crippen molar-refractivity contribution in [3.8, 4) is 6.07 Å². The number of nitrogens with zero attached hydrogens (tertiary/aromatic N) is 3. The van der Waals surface area contributed by atoms with Crippen LogP contribution in [0.4, 0.5) is 5.82 Å². The predicted octanol–water partition coefficient (Wildman–Crippen LogP) is 3.17. The standard InChI is InChI=1S/C13H11ClN4/c1-9(10-2-4-11(14)5-3-10)18-13-12(8-15)16-6-7-17-13/h2-7,9H,1H3,(H,17,18). The monoisotopic (exact) mass is 258 g/mol. The summed E-state index contributed by atoms with van der Waals surface area (Å²) < 4.78 is 0. The van der Waals surface area contributed by atoms with Crippen molar-refractivity contribution in [3.63, 3.8) is 0 Å². The summed E-state index contributed by atoms with van der Waals surface area (Å²) in [4.78, 5) is 8.06. The van der Waals surface area contributed by atoms with Crippen LogP contribution in [-0.4, -0.2) is 9.97 Å². The molecule has 1 aromatic heterocycles. The van der Waals surface area contributed by atoms with Gasteiger partial charge in [-0.2, -0.15) is 5.26 Å². The van der Waals surface area contributed by atoms with Crippen LogP contribution in [0.5, 0.6) is 0 Å². The number of rotatable bonds is 3. The van der Waals surface area contributed by atoms with Crippen LogP contribution in [0.3, 0.4) is 0 Å². The summed E-state index contributed by atoms with van der Waals surface area (Å²) in [5.74, 6) is 0.488. The Hall–Kier alpha value is -2.12. The average Bonchev–Trinajstić information content (AvgIpc) is 2.40. The van der Waals surface area contributed by atoms with Gasteiger partial charge < -0.3 is 5.32 Å². The summed E-state index contributed by atoms with van der Waals surface area (Å²) in [6.07, 6.45) is 3.05. The summed E-state index contributed by atoms with van der Waals surface area (Å²) in [5, 5.41) is 12.8. The molecule has 5 heteroatoms. The molecule has 1 atom stereocenters. The lowest BCUT2D eigenvalue weighted by Crippen LogP contribution is -2.09. The third-order valence-electron chi connectivity index (χ3n) is 2.53. The van der Waals surface area contributed by atoms with Crippen molar-refractivity contribution in [1.29, 1.82) is 5.26 Å². The highest BCUT2D eigenvalue weighted by atomic mass is 35.5. The summed E-state index contributed by atoms with van der Waals surface area (Å²) in [6, 6.07) is 9.55. The zero-order valence-electron chi connectivity index (χ0n) is 9.76. The van der Waals surface area contributed by atoms with Crippen molar-refractivity contribution >= 4 is 17.4 Å². The van der Waals surface area contributed by atoms with E-state index in [9.17, 15) is 0 Å². The molecular formula is C13H11ClN4. The lowest BCUT2D eigenvalue weighted by molar-refractivity contribution is 0.869. The van der Waals surface area contributed by atoms with E-state index in [0.29, 0.717) is 16.5 Å². The van der Waals surface area contributed by atoms with Gasteiger partial charge in [-0.1, -0.05) is 23.7 Å². The highest BCUT2D eigenvalue weighted by Crippen LogP contribution is 2.20. The van der Waals surface area contributed by atoms with Crippen LogP contribution in [0.15, 0.2) is 36.7 Å². The molecule has 0 aliphatic heterocycles. The molecule has 2 aromatic rings. The maximum absolute atomic E-state index is 8.93. The van der Waals surface area contributed by atoms with Gasteiger partial charge in [-0.25, -0.2) is 9.97 Å². The first-order valence-electron chi connectivity index (χ1n) is 5.44. The van der Waals surface area contributed by atoms with Gasteiger partial charge in [-0.15, -0.1) is 0 Å². The molecule has 0 fully saturated rings. The molecule has 0 aliphatic carbocycles. The maximum Gasteiger partial charge on any atom is 0.182 e. The van der Waals surface area contributed by atoms with Crippen molar-refractivity contribution < 1.29 is 0 Å². The number of nitrogens with one attached hydrogen (secondary N) is 1. The first-order valence-corrected chi connectivity index (χ1v) is 5.81. The third kappa shape index (κ3) is 2.76. The van der Waals surface area contributed by atoms with E-state index in [0.717, 1.165) is 5.56 Å². The molecule has 0 saturated heterocycles. The van der Waals surface area contributed by atoms with Crippen LogP contribution < -0.4 is 5.32 Å². The Balaban J connectivity index is 2.19. The first kappa shape index (κ1) is 12.3. The van der Waals surface area contributed by atoms with E-state index >= 15 is 0 Å². The van der Waals surface area contributed by atoms with Crippen LogP contribution in [-0.2, 0) is 0 Å². The number of benzene rings is 1. The molecular weight excluding hydrogens is 248 g/mol. The molecule has 0 saturated carbocycles. The van der Waals surface area contributed by atoms with Crippen LogP contribution in [0.25, 0.3) is 0 Å². The number of hydrogen-bond acceptors (Lipinski definition) is 4. The van der Waals surface area contributed by atoms with Crippen LogP contribution >= 0.6 is 11.6 Å². The molecule has 0 bridgehead atoms. The molecule has 0 radical (unpaired) electrons. The molecule has 18 heavy (non-hydrogen) atoms. The van der Waals surface area contributed by atoms with Crippen molar-refractivity contribution in [2.45, 2.75) is 13.0 Å². The van der Waals surface area contributed by atoms with E-state index in [1.54, 1.807) is 6.20 Å². The number of halogens is 1. The van der Waals surface area contributed by atoms with Gasteiger partial charge >= 0.3 is 0 Å². The fourth-order valence-electron chi connectivity index (χ4n) is 1.57. The molecule has 0 aliphatic rings. The van der Waals surface area contributed by atoms with Crippen molar-refractivity contribution in [2.75, 3.05) is 5.32 Å². The smallest absolute Gasteiger partial charge is 0.182 e. The van der Waals surface area contributed by atoms with E-state index in [1.807, 2.05) is 37.3 Å². The molecule has 4 nitrogen and oxygen atoms in total. The fraction of sp³-hybridized carbons (Fsp3) is 0.154. The lowest BCUT2D eigenvalue weighted by Gasteiger charge is -2.15. The van der Waals surface area contributed by atoms with Gasteiger partial charge in [0.15, 0.2) is 11.5 Å². The number of aromatic nitrogens is 2. The van der Waals surface area contributed by atoms with Crippen molar-refractivity contribution in [3.05, 3.63) is 52.9 Å². The highest BCUT2D eigenvalue weighted by molar-refractivity contribution is 6.30. The SMILES string of the molecule is CC(Nc1nccnc1C#N)c1ccc(Cl)cc1. The van der Waals surface area contributed by atoms with Gasteiger partial charge in [0.1, 0.15) is 6.07 Å². The normalized spacial score (nSPS) is 11.6. The molecule has 1 aromatic carbocycles. The van der Waals surface area contributed by atoms with Gasteiger partial charge in [0, 0.05) is 17.4 Å². The summed E-state index contributed by atoms with van der Waals surface area (Å²) >= 11 is 5.84. The highest BCUT2D eigenvalue weighted by Gasteiger charge is 2.09. The Labute approximate surface area is 110 Å². The molecule has 1 unspecified atom stereocenters. The van der Waals surface area contributed by atoms with Gasteiger partial charge in [0.05, 0.1) is 6.04 Å². The van der Waals surface area contributed by atoms with Crippen LogP contribution in [0.2, 0.25) is 5.02 Å². The van der Waals surface area contributed by atoms with E-state index in [1.165, 1.54) is 6.20 Å². The zero-order valence-corrected chi connectivity index (χ0v) is 10.5. The molecule has 0 spiro atoms. The quantitative estimate of drug-likeness (QED) is 0.919. The number of hydrogen-bond donors (Lipinski definition) is 1. The third-order valence-corrected chi connectivity index (χ3v) is 2.78. The lowest BCUT2D eigenvalue weighted by atomic mass is 10.1. The Kier molecular flexibility index (Phi) is 3.75. The second-order valence-corrected chi connectivity index (χ2v) is 4.22. The number of anilines is 1. The Morgan fingerprint density at radius 1 is 1.22 bits per heavy atom. The fourth-order valence-corrected chi connectivity index (χ4v) is 1.69. The summed E-state index contributed by atoms with van der Waals surface area (Å²) in [7, 11) is 0. The Bertz CT molecular complexity index is 574. The van der Waals surface area contributed by atoms with Crippen LogP contribution in [0.1, 0.15) is 24.2 Å². The summed E-state index contributed by atoms with van der Waals surface area (Å²) in [6.45, 7) is 1.99. The van der Waals surface area contributed by atoms with E-state index in [2.05, 4.69) is 15.3 Å². The predicted molar refractivity (Wildman–Crippen MR) is 70.2 cm³/mol. The number of nitriles is 1. The summed E-state index contributed by atoms with van der Waals surface area (Å²) in [5.41, 5.74) is 1.35. The van der Waals surface area contributed by atoms with E-state index in [-0.39, 0.29) is 6.04 Å². The van der Waals surface area contributed by atoms with E-state index < -0.39 is 0 Å². The average molecular weight is 259 g/mol. The molecule has 1 heterocycles. The second kappa shape index (κ2) is 5.48. The first-order chi connectivity index (χ1) is 8.70.